The average Bonchev–Trinajstić information content (AvgIpc) is 3.40. The molecule has 4 aromatic rings. The van der Waals surface area contributed by atoms with Gasteiger partial charge in [-0.15, -0.1) is 15.3 Å². The number of hydrogen-bond acceptors (Lipinski definition) is 7. The van der Waals surface area contributed by atoms with E-state index >= 15 is 0 Å². The third-order valence-electron chi connectivity index (χ3n) is 4.57. The number of anilines is 1. The minimum absolute atomic E-state index is 0.264. The van der Waals surface area contributed by atoms with Crippen LogP contribution in [-0.4, -0.2) is 48.0 Å². The number of aromatic nitrogens is 7. The van der Waals surface area contributed by atoms with Crippen LogP contribution < -0.4 is 10.1 Å². The fraction of sp³-hybridized carbons (Fsp3) is 0.143. The quantitative estimate of drug-likeness (QED) is 0.480. The first-order valence-electron chi connectivity index (χ1n) is 9.42. The highest BCUT2D eigenvalue weighted by Crippen LogP contribution is 2.22. The second kappa shape index (κ2) is 8.57. The van der Waals surface area contributed by atoms with Crippen LogP contribution in [0.15, 0.2) is 54.9 Å². The normalized spacial score (nSPS) is 11.4. The van der Waals surface area contributed by atoms with Gasteiger partial charge in [0.1, 0.15) is 17.8 Å². The SMILES string of the molecule is COc1cccc(/C=C(/C(=O)Nc2cccc(-c3nncn3C)c2)n2nnnc2C)c1. The lowest BCUT2D eigenvalue weighted by molar-refractivity contribution is -0.111. The molecule has 10 nitrogen and oxygen atoms in total. The maximum Gasteiger partial charge on any atom is 0.274 e. The molecule has 0 aliphatic carbocycles. The molecular weight excluding hydrogens is 396 g/mol. The van der Waals surface area contributed by atoms with Crippen molar-refractivity contribution < 1.29 is 9.53 Å². The van der Waals surface area contributed by atoms with E-state index in [0.29, 0.717) is 23.1 Å². The van der Waals surface area contributed by atoms with Gasteiger partial charge in [0.2, 0.25) is 0 Å². The first-order chi connectivity index (χ1) is 15.0. The molecule has 31 heavy (non-hydrogen) atoms. The van der Waals surface area contributed by atoms with E-state index in [1.807, 2.05) is 49.5 Å². The van der Waals surface area contributed by atoms with Crippen molar-refractivity contribution in [2.24, 2.45) is 7.05 Å². The Hall–Kier alpha value is -4.34. The van der Waals surface area contributed by atoms with Crippen molar-refractivity contribution >= 4 is 23.4 Å². The predicted octanol–water partition coefficient (Wildman–Crippen LogP) is 2.42. The Balaban J connectivity index is 1.68. The van der Waals surface area contributed by atoms with Crippen LogP contribution in [0.5, 0.6) is 5.75 Å². The van der Waals surface area contributed by atoms with Crippen molar-refractivity contribution in [3.05, 3.63) is 66.2 Å². The van der Waals surface area contributed by atoms with E-state index in [9.17, 15) is 4.79 Å². The number of aryl methyl sites for hydroxylation is 2. The summed E-state index contributed by atoms with van der Waals surface area (Å²) in [6.07, 6.45) is 3.32. The Morgan fingerprint density at radius 3 is 2.68 bits per heavy atom. The van der Waals surface area contributed by atoms with Gasteiger partial charge in [-0.25, -0.2) is 0 Å². The number of benzene rings is 2. The summed E-state index contributed by atoms with van der Waals surface area (Å²) < 4.78 is 8.47. The molecule has 0 atom stereocenters. The van der Waals surface area contributed by atoms with E-state index in [1.165, 1.54) is 4.68 Å². The second-order valence-electron chi connectivity index (χ2n) is 6.74. The molecule has 2 heterocycles. The van der Waals surface area contributed by atoms with Crippen LogP contribution >= 0.6 is 0 Å². The topological polar surface area (TPSA) is 113 Å². The van der Waals surface area contributed by atoms with Crippen LogP contribution in [0.2, 0.25) is 0 Å². The van der Waals surface area contributed by atoms with Gasteiger partial charge in [-0.3, -0.25) is 4.79 Å². The Morgan fingerprint density at radius 1 is 1.13 bits per heavy atom. The maximum atomic E-state index is 13.2. The number of tetrazole rings is 1. The molecule has 0 aliphatic heterocycles. The zero-order valence-electron chi connectivity index (χ0n) is 17.2. The summed E-state index contributed by atoms with van der Waals surface area (Å²) in [6.45, 7) is 1.72. The first-order valence-corrected chi connectivity index (χ1v) is 9.42. The molecule has 0 saturated carbocycles. The van der Waals surface area contributed by atoms with Gasteiger partial charge in [-0.2, -0.15) is 4.68 Å². The van der Waals surface area contributed by atoms with Gasteiger partial charge < -0.3 is 14.6 Å². The lowest BCUT2D eigenvalue weighted by atomic mass is 10.1. The fourth-order valence-electron chi connectivity index (χ4n) is 3.04. The molecule has 1 N–H and O–H groups in total. The molecule has 2 aromatic heterocycles. The van der Waals surface area contributed by atoms with Gasteiger partial charge in [0.05, 0.1) is 7.11 Å². The highest BCUT2D eigenvalue weighted by Gasteiger charge is 2.17. The summed E-state index contributed by atoms with van der Waals surface area (Å²) in [5.41, 5.74) is 2.47. The summed E-state index contributed by atoms with van der Waals surface area (Å²) >= 11 is 0. The lowest BCUT2D eigenvalue weighted by Crippen LogP contribution is -2.19. The molecule has 0 bridgehead atoms. The molecule has 0 fully saturated rings. The van der Waals surface area contributed by atoms with E-state index in [1.54, 1.807) is 37.1 Å². The Morgan fingerprint density at radius 2 is 1.97 bits per heavy atom. The molecule has 156 valence electrons. The van der Waals surface area contributed by atoms with Gasteiger partial charge in [-0.1, -0.05) is 24.3 Å². The molecular formula is C21H20N8O2. The summed E-state index contributed by atoms with van der Waals surface area (Å²) in [4.78, 5) is 13.2. The van der Waals surface area contributed by atoms with E-state index in [2.05, 4.69) is 31.0 Å². The number of nitrogens with zero attached hydrogens (tertiary/aromatic N) is 7. The summed E-state index contributed by atoms with van der Waals surface area (Å²) in [6, 6.07) is 14.7. The number of nitrogens with one attached hydrogen (secondary N) is 1. The lowest BCUT2D eigenvalue weighted by Gasteiger charge is -2.11. The third-order valence-corrected chi connectivity index (χ3v) is 4.57. The van der Waals surface area contributed by atoms with Crippen LogP contribution in [0.3, 0.4) is 0 Å². The molecule has 0 unspecified atom stereocenters. The molecule has 4 rings (SSSR count). The summed E-state index contributed by atoms with van der Waals surface area (Å²) in [5.74, 6) is 1.49. The van der Waals surface area contributed by atoms with E-state index in [-0.39, 0.29) is 11.6 Å². The molecule has 0 aliphatic rings. The molecule has 1 amide bonds. The monoisotopic (exact) mass is 416 g/mol. The number of ether oxygens (including phenoxy) is 1. The van der Waals surface area contributed by atoms with Crippen molar-refractivity contribution in [1.82, 2.24) is 35.0 Å². The van der Waals surface area contributed by atoms with Gasteiger partial charge in [0.25, 0.3) is 5.91 Å². The van der Waals surface area contributed by atoms with Crippen LogP contribution in [-0.2, 0) is 11.8 Å². The average molecular weight is 416 g/mol. The van der Waals surface area contributed by atoms with Crippen molar-refractivity contribution in [3.63, 3.8) is 0 Å². The highest BCUT2D eigenvalue weighted by atomic mass is 16.5. The van der Waals surface area contributed by atoms with Gasteiger partial charge in [0, 0.05) is 18.3 Å². The largest absolute Gasteiger partial charge is 0.497 e. The Kier molecular flexibility index (Phi) is 5.52. The van der Waals surface area contributed by atoms with Crippen molar-refractivity contribution in [3.8, 4) is 17.1 Å². The fourth-order valence-corrected chi connectivity index (χ4v) is 3.04. The number of carbonyl (C=O) groups excluding carboxylic acids is 1. The standard InChI is InChI=1S/C21H20N8O2/c1-14-24-26-27-29(14)19(11-15-6-4-9-18(10-15)31-3)21(30)23-17-8-5-7-16(12-17)20-25-22-13-28(20)2/h4-13H,1-3H3,(H,23,30)/b19-11-. The Bertz CT molecular complexity index is 1260. The van der Waals surface area contributed by atoms with Gasteiger partial charge in [0.15, 0.2) is 11.6 Å². The van der Waals surface area contributed by atoms with E-state index in [4.69, 9.17) is 4.74 Å². The molecule has 0 spiro atoms. The van der Waals surface area contributed by atoms with Crippen molar-refractivity contribution in [2.45, 2.75) is 6.92 Å². The number of rotatable bonds is 6. The molecule has 2 aromatic carbocycles. The smallest absolute Gasteiger partial charge is 0.274 e. The van der Waals surface area contributed by atoms with Crippen molar-refractivity contribution in [1.29, 1.82) is 0 Å². The minimum Gasteiger partial charge on any atom is -0.497 e. The van der Waals surface area contributed by atoms with Gasteiger partial charge in [-0.05, 0) is 53.3 Å². The molecule has 0 radical (unpaired) electrons. The predicted molar refractivity (Wildman–Crippen MR) is 115 cm³/mol. The highest BCUT2D eigenvalue weighted by molar-refractivity contribution is 6.24. The zero-order chi connectivity index (χ0) is 21.8. The number of hydrogen-bond donors (Lipinski definition) is 1. The third kappa shape index (κ3) is 4.32. The van der Waals surface area contributed by atoms with E-state index < -0.39 is 0 Å². The van der Waals surface area contributed by atoms with Crippen molar-refractivity contribution in [2.75, 3.05) is 12.4 Å². The minimum atomic E-state index is -0.367. The number of carbonyl (C=O) groups is 1. The molecule has 0 saturated heterocycles. The zero-order valence-corrected chi connectivity index (χ0v) is 17.2. The number of methoxy groups -OCH3 is 1. The summed E-state index contributed by atoms with van der Waals surface area (Å²) in [5, 5.41) is 22.5. The van der Waals surface area contributed by atoms with Crippen LogP contribution in [0.4, 0.5) is 5.69 Å². The maximum absolute atomic E-state index is 13.2. The Labute approximate surface area is 178 Å². The second-order valence-corrected chi connectivity index (χ2v) is 6.74. The number of amides is 1. The van der Waals surface area contributed by atoms with Gasteiger partial charge >= 0.3 is 0 Å². The molecule has 10 heteroatoms. The van der Waals surface area contributed by atoms with Crippen LogP contribution in [0.25, 0.3) is 23.2 Å². The van der Waals surface area contributed by atoms with Crippen LogP contribution in [0, 0.1) is 6.92 Å². The first kappa shape index (κ1) is 20.0. The summed E-state index contributed by atoms with van der Waals surface area (Å²) in [7, 11) is 3.45. The van der Waals surface area contributed by atoms with Crippen LogP contribution in [0.1, 0.15) is 11.4 Å². The van der Waals surface area contributed by atoms with E-state index in [0.717, 1.165) is 11.1 Å².